The van der Waals surface area contributed by atoms with Gasteiger partial charge in [0.05, 0.1) is 0 Å². The molecule has 1 heterocycles. The summed E-state index contributed by atoms with van der Waals surface area (Å²) < 4.78 is 18.5. The molecule has 1 N–H and O–H groups in total. The van der Waals surface area contributed by atoms with Gasteiger partial charge in [-0.1, -0.05) is 48.0 Å². The lowest BCUT2D eigenvalue weighted by atomic mass is 10.0. The Morgan fingerprint density at radius 2 is 1.76 bits per heavy atom. The second-order valence-electron chi connectivity index (χ2n) is 6.88. The van der Waals surface area contributed by atoms with Crippen LogP contribution >= 0.6 is 0 Å². The van der Waals surface area contributed by atoms with Gasteiger partial charge in [0, 0.05) is 11.9 Å². The fraction of sp³-hybridized carbons (Fsp3) is 0.0833. The lowest BCUT2D eigenvalue weighted by Crippen LogP contribution is -2.27. The van der Waals surface area contributed by atoms with E-state index < -0.39 is 17.3 Å². The fourth-order valence-electron chi connectivity index (χ4n) is 3.14. The van der Waals surface area contributed by atoms with Crippen molar-refractivity contribution >= 4 is 16.9 Å². The van der Waals surface area contributed by atoms with E-state index >= 15 is 0 Å². The Kier molecular flexibility index (Phi) is 4.96. The molecule has 29 heavy (non-hydrogen) atoms. The van der Waals surface area contributed by atoms with Crippen LogP contribution < -0.4 is 10.9 Å². The van der Waals surface area contributed by atoms with E-state index in [0.29, 0.717) is 5.39 Å². The Bertz CT molecular complexity index is 1260. The average molecular weight is 387 g/mol. The molecule has 0 aliphatic rings. The summed E-state index contributed by atoms with van der Waals surface area (Å²) in [5.74, 6) is -1.03. The van der Waals surface area contributed by atoms with E-state index in [0.717, 1.165) is 16.7 Å². The predicted molar refractivity (Wildman–Crippen MR) is 110 cm³/mol. The summed E-state index contributed by atoms with van der Waals surface area (Å²) in [7, 11) is 0. The van der Waals surface area contributed by atoms with Crippen LogP contribution in [-0.2, 0) is 6.54 Å². The number of fused-ring (bicyclic) bond motifs is 1. The second-order valence-corrected chi connectivity index (χ2v) is 6.88. The Morgan fingerprint density at radius 1 is 0.966 bits per heavy atom. The van der Waals surface area contributed by atoms with Crippen molar-refractivity contribution in [2.45, 2.75) is 13.5 Å². The number of hydrogen-bond donors (Lipinski definition) is 1. The Morgan fingerprint density at radius 3 is 2.55 bits per heavy atom. The molecule has 0 unspecified atom stereocenters. The molecule has 0 saturated carbocycles. The highest BCUT2D eigenvalue weighted by Crippen LogP contribution is 2.21. The molecule has 4 aromatic rings. The summed E-state index contributed by atoms with van der Waals surface area (Å²) in [6.07, 6.45) is 0. The van der Waals surface area contributed by atoms with E-state index in [1.807, 2.05) is 55.5 Å². The number of amides is 1. The minimum Gasteiger partial charge on any atom is -0.422 e. The largest absolute Gasteiger partial charge is 0.422 e. The zero-order valence-corrected chi connectivity index (χ0v) is 15.7. The van der Waals surface area contributed by atoms with Gasteiger partial charge >= 0.3 is 5.63 Å². The number of halogens is 1. The molecule has 0 aliphatic carbocycles. The highest BCUT2D eigenvalue weighted by Gasteiger charge is 2.14. The molecule has 0 radical (unpaired) electrons. The van der Waals surface area contributed by atoms with Gasteiger partial charge < -0.3 is 9.73 Å². The molecule has 1 amide bonds. The first-order chi connectivity index (χ1) is 14.0. The molecule has 0 atom stereocenters. The first kappa shape index (κ1) is 18.6. The maximum atomic E-state index is 13.4. The van der Waals surface area contributed by atoms with Crippen molar-refractivity contribution in [2.24, 2.45) is 0 Å². The molecule has 4 nitrogen and oxygen atoms in total. The van der Waals surface area contributed by atoms with Gasteiger partial charge in [-0.15, -0.1) is 0 Å². The number of benzene rings is 3. The van der Waals surface area contributed by atoms with E-state index in [2.05, 4.69) is 5.32 Å². The standard InChI is InChI=1S/C24H18FNO3/c1-15-5-7-17(8-6-15)18-4-2-3-16(11-18)14-26-23(27)21-13-19-12-20(25)9-10-22(19)29-24(21)28/h2-13H,14H2,1H3,(H,26,27). The molecular weight excluding hydrogens is 369 g/mol. The Labute approximate surface area is 166 Å². The highest BCUT2D eigenvalue weighted by atomic mass is 19.1. The number of carbonyl (C=O) groups is 1. The Hall–Kier alpha value is -3.73. The third-order valence-electron chi connectivity index (χ3n) is 4.70. The number of carbonyl (C=O) groups excluding carboxylic acids is 1. The molecular formula is C24H18FNO3. The number of hydrogen-bond acceptors (Lipinski definition) is 3. The van der Waals surface area contributed by atoms with E-state index in [-0.39, 0.29) is 17.7 Å². The summed E-state index contributed by atoms with van der Waals surface area (Å²) >= 11 is 0. The maximum absolute atomic E-state index is 13.4. The molecule has 0 aliphatic heterocycles. The third kappa shape index (κ3) is 4.09. The molecule has 0 saturated heterocycles. The van der Waals surface area contributed by atoms with Crippen LogP contribution in [0.25, 0.3) is 22.1 Å². The van der Waals surface area contributed by atoms with Gasteiger partial charge in [0.15, 0.2) is 0 Å². The first-order valence-electron chi connectivity index (χ1n) is 9.17. The van der Waals surface area contributed by atoms with Gasteiger partial charge in [-0.25, -0.2) is 9.18 Å². The maximum Gasteiger partial charge on any atom is 0.349 e. The number of nitrogens with one attached hydrogen (secondary N) is 1. The van der Waals surface area contributed by atoms with Crippen molar-refractivity contribution in [3.63, 3.8) is 0 Å². The van der Waals surface area contributed by atoms with Crippen LogP contribution in [0, 0.1) is 12.7 Å². The molecule has 0 spiro atoms. The van der Waals surface area contributed by atoms with Gasteiger partial charge in [0.1, 0.15) is 17.0 Å². The summed E-state index contributed by atoms with van der Waals surface area (Å²) in [4.78, 5) is 24.6. The predicted octanol–water partition coefficient (Wildman–Crippen LogP) is 4.84. The SMILES string of the molecule is Cc1ccc(-c2cccc(CNC(=O)c3cc4cc(F)ccc4oc3=O)c2)cc1. The molecule has 0 fully saturated rings. The van der Waals surface area contributed by atoms with Gasteiger partial charge in [-0.3, -0.25) is 4.79 Å². The van der Waals surface area contributed by atoms with Crippen LogP contribution in [0.15, 0.2) is 82.0 Å². The normalized spacial score (nSPS) is 10.8. The third-order valence-corrected chi connectivity index (χ3v) is 4.70. The minimum atomic E-state index is -0.755. The van der Waals surface area contributed by atoms with Crippen LogP contribution in [0.3, 0.4) is 0 Å². The van der Waals surface area contributed by atoms with Gasteiger partial charge in [0.25, 0.3) is 5.91 Å². The lowest BCUT2D eigenvalue weighted by molar-refractivity contribution is 0.0947. The molecule has 1 aromatic heterocycles. The number of rotatable bonds is 4. The zero-order chi connectivity index (χ0) is 20.4. The van der Waals surface area contributed by atoms with Crippen molar-refractivity contribution in [3.8, 4) is 11.1 Å². The lowest BCUT2D eigenvalue weighted by Gasteiger charge is -2.08. The fourth-order valence-corrected chi connectivity index (χ4v) is 3.14. The monoisotopic (exact) mass is 387 g/mol. The van der Waals surface area contributed by atoms with Crippen molar-refractivity contribution in [3.05, 3.63) is 106 Å². The summed E-state index contributed by atoms with van der Waals surface area (Å²) in [6, 6.07) is 21.1. The molecule has 5 heteroatoms. The van der Waals surface area contributed by atoms with E-state index in [1.54, 1.807) is 0 Å². The van der Waals surface area contributed by atoms with Gasteiger partial charge in [0.2, 0.25) is 0 Å². The van der Waals surface area contributed by atoms with Crippen LogP contribution in [0.4, 0.5) is 4.39 Å². The van der Waals surface area contributed by atoms with E-state index in [4.69, 9.17) is 4.42 Å². The van der Waals surface area contributed by atoms with Crippen LogP contribution in [-0.4, -0.2) is 5.91 Å². The topological polar surface area (TPSA) is 59.3 Å². The average Bonchev–Trinajstić information content (AvgIpc) is 2.72. The van der Waals surface area contributed by atoms with Crippen molar-refractivity contribution in [2.75, 3.05) is 0 Å². The second kappa shape index (κ2) is 7.72. The first-order valence-corrected chi connectivity index (χ1v) is 9.17. The highest BCUT2D eigenvalue weighted by molar-refractivity contribution is 5.96. The van der Waals surface area contributed by atoms with Crippen molar-refractivity contribution in [1.82, 2.24) is 5.32 Å². The summed E-state index contributed by atoms with van der Waals surface area (Å²) in [5, 5.41) is 3.09. The Balaban J connectivity index is 1.53. The van der Waals surface area contributed by atoms with E-state index in [9.17, 15) is 14.0 Å². The minimum absolute atomic E-state index is 0.155. The van der Waals surface area contributed by atoms with E-state index in [1.165, 1.54) is 29.8 Å². The molecule has 4 rings (SSSR count). The summed E-state index contributed by atoms with van der Waals surface area (Å²) in [6.45, 7) is 2.28. The van der Waals surface area contributed by atoms with Crippen LogP contribution in [0.5, 0.6) is 0 Å². The van der Waals surface area contributed by atoms with Gasteiger partial charge in [-0.2, -0.15) is 0 Å². The molecule has 0 bridgehead atoms. The summed E-state index contributed by atoms with van der Waals surface area (Å²) in [5.41, 5.74) is 3.53. The smallest absolute Gasteiger partial charge is 0.349 e. The molecule has 3 aromatic carbocycles. The van der Waals surface area contributed by atoms with Crippen LogP contribution in [0.2, 0.25) is 0 Å². The van der Waals surface area contributed by atoms with Crippen molar-refractivity contribution < 1.29 is 13.6 Å². The van der Waals surface area contributed by atoms with Crippen molar-refractivity contribution in [1.29, 1.82) is 0 Å². The quantitative estimate of drug-likeness (QED) is 0.510. The molecule has 144 valence electrons. The van der Waals surface area contributed by atoms with Crippen LogP contribution in [0.1, 0.15) is 21.5 Å². The number of aryl methyl sites for hydroxylation is 1. The zero-order valence-electron chi connectivity index (χ0n) is 15.7. The van der Waals surface area contributed by atoms with Gasteiger partial charge in [-0.05, 0) is 53.9 Å².